The quantitative estimate of drug-likeness (QED) is 0.345. The molecule has 33 heavy (non-hydrogen) atoms. The van der Waals surface area contributed by atoms with Crippen LogP contribution in [0.15, 0.2) is 59.7 Å². The van der Waals surface area contributed by atoms with E-state index < -0.39 is 11.9 Å². The Morgan fingerprint density at radius 1 is 0.758 bits per heavy atom. The molecule has 0 saturated heterocycles. The van der Waals surface area contributed by atoms with Crippen molar-refractivity contribution < 1.29 is 19.1 Å². The molecule has 2 bridgehead atoms. The van der Waals surface area contributed by atoms with Crippen LogP contribution < -0.4 is 9.47 Å². The molecule has 1 saturated carbocycles. The molecule has 0 radical (unpaired) electrons. The molecule has 4 heteroatoms. The summed E-state index contributed by atoms with van der Waals surface area (Å²) in [5.41, 5.74) is 2.87. The lowest BCUT2D eigenvalue weighted by atomic mass is 9.79. The van der Waals surface area contributed by atoms with E-state index in [2.05, 4.69) is 27.7 Å². The average Bonchev–Trinajstić information content (AvgIpc) is 3.21. The second-order valence-electron chi connectivity index (χ2n) is 9.83. The highest BCUT2D eigenvalue weighted by Crippen LogP contribution is 2.60. The van der Waals surface area contributed by atoms with E-state index in [0.29, 0.717) is 22.6 Å². The first-order valence-electron chi connectivity index (χ1n) is 12.2. The van der Waals surface area contributed by atoms with Crippen molar-refractivity contribution in [2.75, 3.05) is 0 Å². The van der Waals surface area contributed by atoms with E-state index in [1.165, 1.54) is 0 Å². The fourth-order valence-electron chi connectivity index (χ4n) is 5.70. The first kappa shape index (κ1) is 23.3. The van der Waals surface area contributed by atoms with Gasteiger partial charge in [-0.15, -0.1) is 0 Å². The topological polar surface area (TPSA) is 52.6 Å². The highest BCUT2D eigenvalue weighted by Gasteiger charge is 2.57. The Bertz CT molecular complexity index is 995. The van der Waals surface area contributed by atoms with Crippen molar-refractivity contribution in [2.45, 2.75) is 66.2 Å². The minimum absolute atomic E-state index is 0.00164. The largest absolute Gasteiger partial charge is 0.423 e. The molecule has 2 atom stereocenters. The van der Waals surface area contributed by atoms with Crippen LogP contribution in [-0.2, 0) is 22.4 Å². The second kappa shape index (κ2) is 9.54. The fourth-order valence-corrected chi connectivity index (χ4v) is 5.70. The molecule has 174 valence electrons. The molecular formula is C29H34O4. The van der Waals surface area contributed by atoms with Crippen molar-refractivity contribution >= 4 is 11.9 Å². The van der Waals surface area contributed by atoms with Gasteiger partial charge in [0, 0.05) is 0 Å². The van der Waals surface area contributed by atoms with Crippen LogP contribution >= 0.6 is 0 Å². The summed E-state index contributed by atoms with van der Waals surface area (Å²) in [6, 6.07) is 15.3. The standard InChI is InChI=1S/C29H34O4/c1-5-11-19-13-7-9-15-23(19)32-27(30)25-21-17-18-22(29(21,3)4)26(25)28(31)33-24-16-10-8-14-20(24)12-6-2/h7-10,13-16,21-22H,5-6,11-12,17-18H2,1-4H3. The van der Waals surface area contributed by atoms with E-state index in [-0.39, 0.29) is 17.3 Å². The van der Waals surface area contributed by atoms with Gasteiger partial charge in [-0.1, -0.05) is 76.9 Å². The third kappa shape index (κ3) is 4.36. The second-order valence-corrected chi connectivity index (χ2v) is 9.83. The Morgan fingerprint density at radius 2 is 1.15 bits per heavy atom. The van der Waals surface area contributed by atoms with E-state index in [1.54, 1.807) is 0 Å². The molecule has 4 rings (SSSR count). The van der Waals surface area contributed by atoms with Crippen molar-refractivity contribution in [2.24, 2.45) is 17.3 Å². The van der Waals surface area contributed by atoms with Gasteiger partial charge in [-0.05, 0) is 66.2 Å². The summed E-state index contributed by atoms with van der Waals surface area (Å²) < 4.78 is 11.8. The van der Waals surface area contributed by atoms with Crippen LogP contribution in [0.2, 0.25) is 0 Å². The molecule has 0 N–H and O–H groups in total. The lowest BCUT2D eigenvalue weighted by molar-refractivity contribution is -0.133. The number of rotatable bonds is 8. The van der Waals surface area contributed by atoms with Gasteiger partial charge in [0.15, 0.2) is 0 Å². The monoisotopic (exact) mass is 446 g/mol. The van der Waals surface area contributed by atoms with Crippen LogP contribution in [0, 0.1) is 17.3 Å². The first-order chi connectivity index (χ1) is 15.9. The molecule has 2 aliphatic carbocycles. The lowest BCUT2D eigenvalue weighted by Gasteiger charge is -2.25. The number of ether oxygens (including phenoxy) is 2. The summed E-state index contributed by atoms with van der Waals surface area (Å²) in [7, 11) is 0. The Hall–Kier alpha value is -2.88. The van der Waals surface area contributed by atoms with Crippen LogP contribution in [0.3, 0.4) is 0 Å². The van der Waals surface area contributed by atoms with Crippen LogP contribution in [-0.4, -0.2) is 11.9 Å². The molecule has 0 heterocycles. The summed E-state index contributed by atoms with van der Waals surface area (Å²) in [4.78, 5) is 27.0. The molecule has 2 aromatic carbocycles. The smallest absolute Gasteiger partial charge is 0.340 e. The molecule has 0 aromatic heterocycles. The number of fused-ring (bicyclic) bond motifs is 2. The Balaban J connectivity index is 1.67. The minimum atomic E-state index is -0.410. The highest BCUT2D eigenvalue weighted by molar-refractivity contribution is 6.04. The number of carbonyl (C=O) groups is 2. The normalized spacial score (nSPS) is 20.7. The number of hydrogen-bond donors (Lipinski definition) is 0. The summed E-state index contributed by atoms with van der Waals surface area (Å²) in [5, 5.41) is 0. The number of hydrogen-bond acceptors (Lipinski definition) is 4. The molecule has 4 nitrogen and oxygen atoms in total. The zero-order chi connectivity index (χ0) is 23.6. The highest BCUT2D eigenvalue weighted by atomic mass is 16.5. The van der Waals surface area contributed by atoms with Crippen LogP contribution in [0.25, 0.3) is 0 Å². The summed E-state index contributed by atoms with van der Waals surface area (Å²) in [5.74, 6) is 0.348. The maximum absolute atomic E-state index is 13.5. The molecule has 0 aliphatic heterocycles. The zero-order valence-corrected chi connectivity index (χ0v) is 20.1. The van der Waals surface area contributed by atoms with Crippen LogP contribution in [0.5, 0.6) is 11.5 Å². The van der Waals surface area contributed by atoms with Gasteiger partial charge in [0.05, 0.1) is 11.1 Å². The number of benzene rings is 2. The third-order valence-electron chi connectivity index (χ3n) is 7.36. The van der Waals surface area contributed by atoms with E-state index in [0.717, 1.165) is 49.7 Å². The van der Waals surface area contributed by atoms with Gasteiger partial charge >= 0.3 is 11.9 Å². The predicted molar refractivity (Wildman–Crippen MR) is 129 cm³/mol. The van der Waals surface area contributed by atoms with Crippen LogP contribution in [0.4, 0.5) is 0 Å². The van der Waals surface area contributed by atoms with E-state index in [9.17, 15) is 9.59 Å². The van der Waals surface area contributed by atoms with E-state index >= 15 is 0 Å². The zero-order valence-electron chi connectivity index (χ0n) is 20.1. The number of para-hydroxylation sites is 2. The Morgan fingerprint density at radius 3 is 1.55 bits per heavy atom. The molecule has 2 aliphatic rings. The molecule has 2 unspecified atom stereocenters. The maximum atomic E-state index is 13.5. The third-order valence-corrected chi connectivity index (χ3v) is 7.36. The van der Waals surface area contributed by atoms with E-state index in [1.807, 2.05) is 48.5 Å². The molecular weight excluding hydrogens is 412 g/mol. The SMILES string of the molecule is CCCc1ccccc1OC(=O)C1=C(C(=O)Oc2ccccc2CCC)C2CCC1C2(C)C. The fraction of sp³-hybridized carbons (Fsp3) is 0.448. The number of aryl methyl sites for hydroxylation is 2. The van der Waals surface area contributed by atoms with Gasteiger partial charge in [0.1, 0.15) is 11.5 Å². The molecule has 1 fully saturated rings. The van der Waals surface area contributed by atoms with Gasteiger partial charge in [-0.3, -0.25) is 0 Å². The molecule has 0 spiro atoms. The summed E-state index contributed by atoms with van der Waals surface area (Å²) in [6.45, 7) is 8.51. The maximum Gasteiger partial charge on any atom is 0.340 e. The lowest BCUT2D eigenvalue weighted by Crippen LogP contribution is -2.24. The van der Waals surface area contributed by atoms with Gasteiger partial charge < -0.3 is 9.47 Å². The first-order valence-corrected chi connectivity index (χ1v) is 12.2. The predicted octanol–water partition coefficient (Wildman–Crippen LogP) is 6.47. The molecule has 0 amide bonds. The Kier molecular flexibility index (Phi) is 6.73. The minimum Gasteiger partial charge on any atom is -0.423 e. The van der Waals surface area contributed by atoms with Crippen molar-refractivity contribution in [1.29, 1.82) is 0 Å². The van der Waals surface area contributed by atoms with Crippen molar-refractivity contribution in [3.63, 3.8) is 0 Å². The van der Waals surface area contributed by atoms with Gasteiger partial charge in [0.2, 0.25) is 0 Å². The summed E-state index contributed by atoms with van der Waals surface area (Å²) >= 11 is 0. The van der Waals surface area contributed by atoms with Crippen LogP contribution in [0.1, 0.15) is 64.5 Å². The Labute approximate surface area is 197 Å². The number of carbonyl (C=O) groups excluding carboxylic acids is 2. The summed E-state index contributed by atoms with van der Waals surface area (Å²) in [6.07, 6.45) is 5.38. The van der Waals surface area contributed by atoms with Crippen molar-refractivity contribution in [1.82, 2.24) is 0 Å². The van der Waals surface area contributed by atoms with Gasteiger partial charge in [-0.2, -0.15) is 0 Å². The van der Waals surface area contributed by atoms with Gasteiger partial charge in [0.25, 0.3) is 0 Å². The van der Waals surface area contributed by atoms with Crippen molar-refractivity contribution in [3.8, 4) is 11.5 Å². The van der Waals surface area contributed by atoms with E-state index in [4.69, 9.17) is 9.47 Å². The number of esters is 2. The van der Waals surface area contributed by atoms with Crippen molar-refractivity contribution in [3.05, 3.63) is 70.8 Å². The van der Waals surface area contributed by atoms with Gasteiger partial charge in [-0.25, -0.2) is 9.59 Å². The average molecular weight is 447 g/mol. The molecule has 2 aromatic rings.